The van der Waals surface area contributed by atoms with E-state index in [1.807, 2.05) is 37.5 Å². The van der Waals surface area contributed by atoms with E-state index in [0.717, 1.165) is 49.9 Å². The molecule has 0 radical (unpaired) electrons. The fraction of sp³-hybridized carbons (Fsp3) is 0.538. The van der Waals surface area contributed by atoms with Crippen LogP contribution in [0.5, 0.6) is 0 Å². The molecule has 0 saturated carbocycles. The van der Waals surface area contributed by atoms with Gasteiger partial charge in [-0.15, -0.1) is 0 Å². The monoisotopic (exact) mass is 576 g/mol. The Morgan fingerprint density at radius 3 is 1.12 bits per heavy atom. The number of nitrogens with zero attached hydrogens (tertiary/aromatic N) is 4. The van der Waals surface area contributed by atoms with Crippen LogP contribution in [0.3, 0.4) is 0 Å². The van der Waals surface area contributed by atoms with Crippen molar-refractivity contribution in [2.75, 3.05) is 9.80 Å². The Balaban J connectivity index is 0.000000220. The number of rotatable bonds is 4. The minimum absolute atomic E-state index is 0.132. The van der Waals surface area contributed by atoms with E-state index in [9.17, 15) is 46.6 Å². The zero-order valence-corrected chi connectivity index (χ0v) is 22.3. The summed E-state index contributed by atoms with van der Waals surface area (Å²) >= 11 is 0. The number of anilines is 2. The minimum Gasteiger partial charge on any atom is -0.366 e. The Kier molecular flexibility index (Phi) is 8.90. The van der Waals surface area contributed by atoms with Crippen LogP contribution in [0.1, 0.15) is 64.5 Å². The molecule has 0 amide bonds. The van der Waals surface area contributed by atoms with Crippen LogP contribution in [-0.4, -0.2) is 34.0 Å². The first-order valence-corrected chi connectivity index (χ1v) is 12.7. The van der Waals surface area contributed by atoms with Gasteiger partial charge in [-0.05, 0) is 77.6 Å². The number of nitro groups is 2. The fourth-order valence-corrected chi connectivity index (χ4v) is 5.55. The van der Waals surface area contributed by atoms with Crippen LogP contribution in [-0.2, 0) is 12.4 Å². The van der Waals surface area contributed by atoms with Gasteiger partial charge in [-0.1, -0.05) is 0 Å². The maximum Gasteiger partial charge on any atom is 0.423 e. The molecule has 2 aromatic rings. The van der Waals surface area contributed by atoms with Gasteiger partial charge in [-0.3, -0.25) is 20.2 Å². The third kappa shape index (κ3) is 6.58. The van der Waals surface area contributed by atoms with E-state index in [-0.39, 0.29) is 24.2 Å². The Morgan fingerprint density at radius 2 is 0.900 bits per heavy atom. The summed E-state index contributed by atoms with van der Waals surface area (Å²) < 4.78 is 77.7. The van der Waals surface area contributed by atoms with E-state index >= 15 is 0 Å². The molecule has 1 unspecified atom stereocenters. The van der Waals surface area contributed by atoms with Gasteiger partial charge < -0.3 is 9.80 Å². The summed E-state index contributed by atoms with van der Waals surface area (Å²) in [4.78, 5) is 23.2. The first-order valence-electron chi connectivity index (χ1n) is 12.7. The third-order valence-electron chi connectivity index (χ3n) is 7.46. The number of hydrogen-bond donors (Lipinski definition) is 0. The molecular weight excluding hydrogens is 546 g/mol. The summed E-state index contributed by atoms with van der Waals surface area (Å²) in [7, 11) is 0. The molecule has 14 heteroatoms. The van der Waals surface area contributed by atoms with Crippen molar-refractivity contribution in [3.8, 4) is 0 Å². The van der Waals surface area contributed by atoms with Gasteiger partial charge in [0.2, 0.25) is 0 Å². The molecular formula is C26H30F6N4O4. The molecule has 2 heterocycles. The van der Waals surface area contributed by atoms with Gasteiger partial charge in [0.05, 0.1) is 9.85 Å². The first kappa shape index (κ1) is 31.0. The number of alkyl halides is 6. The van der Waals surface area contributed by atoms with E-state index in [1.165, 1.54) is 12.1 Å². The van der Waals surface area contributed by atoms with Gasteiger partial charge in [0.15, 0.2) is 0 Å². The van der Waals surface area contributed by atoms with Crippen LogP contribution >= 0.6 is 0 Å². The maximum atomic E-state index is 12.9. The van der Waals surface area contributed by atoms with E-state index in [2.05, 4.69) is 0 Å². The zero-order valence-electron chi connectivity index (χ0n) is 22.3. The summed E-state index contributed by atoms with van der Waals surface area (Å²) in [6.07, 6.45) is -5.85. The van der Waals surface area contributed by atoms with Gasteiger partial charge >= 0.3 is 12.4 Å². The topological polar surface area (TPSA) is 92.8 Å². The molecule has 4 rings (SSSR count). The van der Waals surface area contributed by atoms with E-state index in [4.69, 9.17) is 0 Å². The molecule has 8 nitrogen and oxygen atoms in total. The predicted octanol–water partition coefficient (Wildman–Crippen LogP) is 7.98. The number of nitro benzene ring substituents is 2. The highest BCUT2D eigenvalue weighted by molar-refractivity contribution is 5.59. The summed E-state index contributed by atoms with van der Waals surface area (Å²) in [6, 6.07) is 6.97. The Hall–Kier alpha value is -3.58. The normalized spacial score (nSPS) is 23.1. The van der Waals surface area contributed by atoms with Crippen molar-refractivity contribution in [1.82, 2.24) is 0 Å². The van der Waals surface area contributed by atoms with E-state index < -0.39 is 44.7 Å². The lowest BCUT2D eigenvalue weighted by molar-refractivity contribution is -0.388. The Morgan fingerprint density at radius 1 is 0.625 bits per heavy atom. The maximum absolute atomic E-state index is 12.9. The molecule has 0 spiro atoms. The Bertz CT molecular complexity index is 1140. The molecule has 2 aromatic carbocycles. The average molecular weight is 577 g/mol. The Labute approximate surface area is 226 Å². The van der Waals surface area contributed by atoms with Crippen LogP contribution in [0.25, 0.3) is 0 Å². The quantitative estimate of drug-likeness (QED) is 0.208. The highest BCUT2D eigenvalue weighted by atomic mass is 19.4. The van der Waals surface area contributed by atoms with Crippen molar-refractivity contribution >= 4 is 22.7 Å². The van der Waals surface area contributed by atoms with E-state index in [0.29, 0.717) is 11.4 Å². The highest BCUT2D eigenvalue weighted by Gasteiger charge is 2.41. The van der Waals surface area contributed by atoms with Crippen molar-refractivity contribution in [2.45, 2.75) is 89.9 Å². The second-order valence-corrected chi connectivity index (χ2v) is 10.3. The highest BCUT2D eigenvalue weighted by Crippen LogP contribution is 2.41. The summed E-state index contributed by atoms with van der Waals surface area (Å²) in [5, 5.41) is 21.4. The third-order valence-corrected chi connectivity index (χ3v) is 7.46. The molecule has 2 fully saturated rings. The SMILES string of the molecule is CC1CC[C@H](C)N1c1ccc([N+](=O)[O-])c(C(F)(F)F)c1.C[C@@H]1CC[C@H](C)N1c1ccc([N+](=O)[O-])c(C(F)(F)F)c1. The van der Waals surface area contributed by atoms with Crippen LogP contribution in [0, 0.1) is 20.2 Å². The number of benzene rings is 2. The molecule has 2 aliphatic heterocycles. The van der Waals surface area contributed by atoms with Gasteiger partial charge in [-0.2, -0.15) is 26.3 Å². The molecule has 2 saturated heterocycles. The largest absolute Gasteiger partial charge is 0.423 e. The van der Waals surface area contributed by atoms with Crippen molar-refractivity contribution in [3.05, 3.63) is 67.8 Å². The van der Waals surface area contributed by atoms with Gasteiger partial charge in [0, 0.05) is 47.7 Å². The minimum atomic E-state index is -4.73. The summed E-state index contributed by atoms with van der Waals surface area (Å²) in [5.74, 6) is 0. The second-order valence-electron chi connectivity index (χ2n) is 10.3. The molecule has 0 bridgehead atoms. The number of halogens is 6. The summed E-state index contributed by atoms with van der Waals surface area (Å²) in [5.41, 5.74) is -3.40. The molecule has 0 aliphatic carbocycles. The van der Waals surface area contributed by atoms with Crippen molar-refractivity contribution in [3.63, 3.8) is 0 Å². The predicted molar refractivity (Wildman–Crippen MR) is 137 cm³/mol. The summed E-state index contributed by atoms with van der Waals surface area (Å²) in [6.45, 7) is 7.77. The van der Waals surface area contributed by atoms with Gasteiger partial charge in [0.1, 0.15) is 11.1 Å². The fourth-order valence-electron chi connectivity index (χ4n) is 5.55. The molecule has 4 atom stereocenters. The van der Waals surface area contributed by atoms with Gasteiger partial charge in [0.25, 0.3) is 11.4 Å². The lowest BCUT2D eigenvalue weighted by Crippen LogP contribution is -2.32. The van der Waals surface area contributed by atoms with Crippen LogP contribution in [0.15, 0.2) is 36.4 Å². The van der Waals surface area contributed by atoms with Crippen LogP contribution in [0.2, 0.25) is 0 Å². The lowest BCUT2D eigenvalue weighted by Gasteiger charge is -2.29. The molecule has 40 heavy (non-hydrogen) atoms. The molecule has 0 N–H and O–H groups in total. The first-order chi connectivity index (χ1) is 18.4. The average Bonchev–Trinajstić information content (AvgIpc) is 3.37. The zero-order chi connectivity index (χ0) is 30.2. The smallest absolute Gasteiger partial charge is 0.366 e. The van der Waals surface area contributed by atoms with Crippen LogP contribution < -0.4 is 9.80 Å². The lowest BCUT2D eigenvalue weighted by atomic mass is 10.1. The second kappa shape index (κ2) is 11.5. The van der Waals surface area contributed by atoms with E-state index in [1.54, 1.807) is 0 Å². The molecule has 220 valence electrons. The van der Waals surface area contributed by atoms with Crippen molar-refractivity contribution in [1.29, 1.82) is 0 Å². The van der Waals surface area contributed by atoms with Crippen LogP contribution in [0.4, 0.5) is 49.1 Å². The van der Waals surface area contributed by atoms with Crippen molar-refractivity contribution < 1.29 is 36.2 Å². The standard InChI is InChI=1S/2C13H15F3N2O2/c2*1-8-3-4-9(2)17(8)10-5-6-12(18(19)20)11(7-10)13(14,15)16/h2*5-9H,3-4H2,1-2H3/t8-,9?;8-,9+/m0./s1. The molecule has 0 aromatic heterocycles. The van der Waals surface area contributed by atoms with Crippen molar-refractivity contribution in [2.24, 2.45) is 0 Å². The number of hydrogen-bond acceptors (Lipinski definition) is 6. The molecule has 2 aliphatic rings. The van der Waals surface area contributed by atoms with Gasteiger partial charge in [-0.25, -0.2) is 0 Å².